The maximum atomic E-state index is 4.80. The summed E-state index contributed by atoms with van der Waals surface area (Å²) in [4.78, 5) is 53.2. The average Bonchev–Trinajstić information content (AvgIpc) is 0.800. The number of hydrogen-bond donors (Lipinski definition) is 0. The van der Waals surface area contributed by atoms with Gasteiger partial charge in [-0.15, -0.1) is 0 Å². The lowest BCUT2D eigenvalue weighted by molar-refractivity contribution is 1.10. The lowest BCUT2D eigenvalue weighted by Gasteiger charge is -2.10. The van der Waals surface area contributed by atoms with Crippen LogP contribution in [0.3, 0.4) is 0 Å². The number of fused-ring (bicyclic) bond motifs is 8. The van der Waals surface area contributed by atoms with Gasteiger partial charge in [0.1, 0.15) is 0 Å². The first kappa shape index (κ1) is 68.9. The molecule has 0 unspecified atom stereocenters. The summed E-state index contributed by atoms with van der Waals surface area (Å²) in [7, 11) is 0. The van der Waals surface area contributed by atoms with E-state index in [9.17, 15) is 0 Å². The fourth-order valence-electron chi connectivity index (χ4n) is 11.2. The average molecular weight is 1250 g/mol. The van der Waals surface area contributed by atoms with Crippen molar-refractivity contribution in [2.75, 3.05) is 0 Å². The van der Waals surface area contributed by atoms with Crippen LogP contribution in [0.4, 0.5) is 0 Å². The van der Waals surface area contributed by atoms with E-state index in [4.69, 9.17) is 4.98 Å². The van der Waals surface area contributed by atoms with Gasteiger partial charge in [0.2, 0.25) is 0 Å². The highest BCUT2D eigenvalue weighted by Gasteiger charge is 2.11. The van der Waals surface area contributed by atoms with E-state index in [0.29, 0.717) is 0 Å². The minimum atomic E-state index is 0.968. The van der Waals surface area contributed by atoms with E-state index in [2.05, 4.69) is 263 Å². The zero-order valence-corrected chi connectivity index (χ0v) is 59.3. The van der Waals surface area contributed by atoms with Crippen LogP contribution < -0.4 is 0 Å². The number of hydrogen-bond acceptors (Lipinski definition) is 12. The van der Waals surface area contributed by atoms with Crippen LogP contribution in [-0.2, 0) is 0 Å². The molecule has 7 aromatic heterocycles. The molecule has 0 aliphatic heterocycles. The second-order valence-electron chi connectivity index (χ2n) is 25.1. The van der Waals surface area contributed by atoms with Crippen molar-refractivity contribution in [2.24, 2.45) is 0 Å². The topological polar surface area (TPSA) is 155 Å². The Balaban J connectivity index is 0.000000131. The van der Waals surface area contributed by atoms with E-state index >= 15 is 0 Å². The van der Waals surface area contributed by atoms with Gasteiger partial charge in [-0.2, -0.15) is 0 Å². The minimum absolute atomic E-state index is 0.968. The predicted molar refractivity (Wildman–Crippen MR) is 398 cm³/mol. The van der Waals surface area contributed by atoms with Crippen LogP contribution in [0.15, 0.2) is 152 Å². The van der Waals surface area contributed by atoms with Crippen LogP contribution in [0.25, 0.3) is 87.9 Å². The Bertz CT molecular complexity index is 5120. The maximum Gasteiger partial charge on any atom is 0.0921 e. The third-order valence-corrected chi connectivity index (χ3v) is 18.0. The summed E-state index contributed by atoms with van der Waals surface area (Å²) in [6.07, 6.45) is 8.76. The van der Waals surface area contributed by atoms with Gasteiger partial charge in [-0.05, 0) is 283 Å². The highest BCUT2D eigenvalue weighted by Crippen LogP contribution is 2.29. The largest absolute Gasteiger partial charge is 0.253 e. The van der Waals surface area contributed by atoms with E-state index < -0.39 is 0 Å². The number of pyridine rings is 2. The molecule has 0 atom stereocenters. The Hall–Kier alpha value is -10.5. The van der Waals surface area contributed by atoms with Crippen LogP contribution in [-0.4, -0.2) is 59.8 Å². The Kier molecular flexibility index (Phi) is 21.8. The van der Waals surface area contributed by atoms with Gasteiger partial charge in [0.15, 0.2) is 0 Å². The van der Waals surface area contributed by atoms with Crippen molar-refractivity contribution in [1.29, 1.82) is 0 Å². The highest BCUT2D eigenvalue weighted by atomic mass is 14.8. The van der Waals surface area contributed by atoms with Gasteiger partial charge in [-0.3, -0.25) is 29.9 Å². The molecule has 0 radical (unpaired) electrons. The van der Waals surface area contributed by atoms with Gasteiger partial charge in [-0.25, -0.2) is 29.9 Å². The van der Waals surface area contributed by atoms with Gasteiger partial charge in [0.05, 0.1) is 100 Å². The van der Waals surface area contributed by atoms with Crippen LogP contribution >= 0.6 is 0 Å². The fraction of sp³-hybridized carbons (Fsp3) is 0.253. The van der Waals surface area contributed by atoms with E-state index in [1.54, 1.807) is 31.0 Å². The minimum Gasteiger partial charge on any atom is -0.253 e. The number of aromatic nitrogens is 12. The van der Waals surface area contributed by atoms with E-state index in [0.717, 1.165) is 106 Å². The standard InChI is InChI=1S/C16H15N.C12H13N.5C11H12N2/c1-10-8-9-14-12(3)13-6-4-5-7-15(13)17-16(14)11(10)2;1-8-5-4-6-12-11(8)7-9(2)10(3)13-12;1-7-4-10-11(5-8(7)2)13-9(3)6-12-10;1-7-6-10-11(9(3)8(7)2)13-5-4-12-10;1-7-6-8(2)10-11(9(7)3)13-5-4-12-10;1-7-4-5-10-11(6-7)13-9(3)8(2)12-10;1-7-5-4-6-10-11(7)13-9(3)8(2)12-10/h4-9H,1-3H3;4-7H,1-3H3;5*4-6H,1-3H3. The maximum absolute atomic E-state index is 4.80. The number of rotatable bonds is 0. The highest BCUT2D eigenvalue weighted by molar-refractivity contribution is 5.98. The van der Waals surface area contributed by atoms with Crippen molar-refractivity contribution in [3.63, 3.8) is 0 Å². The molecule has 0 fully saturated rings. The van der Waals surface area contributed by atoms with Crippen LogP contribution in [0, 0.1) is 145 Å². The molecule has 7 heterocycles. The molecule has 480 valence electrons. The molecule has 0 amide bonds. The predicted octanol–water partition coefficient (Wildman–Crippen LogP) is 20.2. The van der Waals surface area contributed by atoms with E-state index in [1.807, 2.05) is 58.9 Å². The van der Waals surface area contributed by atoms with Crippen molar-refractivity contribution < 1.29 is 0 Å². The quantitative estimate of drug-likeness (QED) is 0.133. The Morgan fingerprint density at radius 2 is 0.747 bits per heavy atom. The van der Waals surface area contributed by atoms with Crippen LogP contribution in [0.2, 0.25) is 0 Å². The van der Waals surface area contributed by atoms with Crippen molar-refractivity contribution >= 4 is 87.9 Å². The Labute approximate surface area is 560 Å². The molecule has 12 heteroatoms. The van der Waals surface area contributed by atoms with Crippen molar-refractivity contribution in [2.45, 2.75) is 145 Å². The van der Waals surface area contributed by atoms with E-state index in [-0.39, 0.29) is 0 Å². The summed E-state index contributed by atoms with van der Waals surface area (Å²) in [5, 5.41) is 3.79. The second-order valence-corrected chi connectivity index (χ2v) is 25.1. The van der Waals surface area contributed by atoms with Crippen molar-refractivity contribution in [3.8, 4) is 0 Å². The van der Waals surface area contributed by atoms with Crippen LogP contribution in [0.1, 0.15) is 118 Å². The normalized spacial score (nSPS) is 10.8. The second kappa shape index (κ2) is 30.1. The molecular weight excluding hydrogens is 1160 g/mol. The van der Waals surface area contributed by atoms with Crippen molar-refractivity contribution in [3.05, 3.63) is 270 Å². The summed E-state index contributed by atoms with van der Waals surface area (Å²) < 4.78 is 0. The van der Waals surface area contributed by atoms with Crippen LogP contribution in [0.5, 0.6) is 0 Å². The zero-order valence-electron chi connectivity index (χ0n) is 59.3. The smallest absolute Gasteiger partial charge is 0.0921 e. The molecule has 15 rings (SSSR count). The van der Waals surface area contributed by atoms with Gasteiger partial charge >= 0.3 is 0 Å². The number of benzene rings is 8. The molecule has 0 saturated carbocycles. The summed E-state index contributed by atoms with van der Waals surface area (Å²) in [5.74, 6) is 0. The first-order chi connectivity index (χ1) is 45.3. The SMILES string of the molecule is Cc1cc(C)c2nccnc2c1C.Cc1cc2c(C)cccc2nc1C.Cc1cc2nccnc2c(C)c1C.Cc1ccc2c(C)c3ccccc3nc2c1C.Cc1ccc2nc(C)c(C)nc2c1.Cc1cnc2cc(C)c(C)cc2n1.Cc1nc2cccc(C)c2nc1C. The molecule has 0 aliphatic rings. The molecule has 12 nitrogen and oxygen atoms in total. The molecule has 0 saturated heterocycles. The molecular formula is C83H88N12. The molecule has 0 aliphatic carbocycles. The lowest BCUT2D eigenvalue weighted by Crippen LogP contribution is -1.94. The molecule has 0 bridgehead atoms. The summed E-state index contributed by atoms with van der Waals surface area (Å²) in [6.45, 7) is 43.6. The third-order valence-electron chi connectivity index (χ3n) is 18.0. The van der Waals surface area contributed by atoms with Gasteiger partial charge < -0.3 is 0 Å². The first-order valence-electron chi connectivity index (χ1n) is 32.3. The Morgan fingerprint density at radius 1 is 0.211 bits per heavy atom. The first-order valence-corrected chi connectivity index (χ1v) is 32.3. The lowest BCUT2D eigenvalue weighted by atomic mass is 9.99. The summed E-state index contributed by atoms with van der Waals surface area (Å²) in [6, 6.07) is 41.8. The molecule has 0 N–H and O–H groups in total. The summed E-state index contributed by atoms with van der Waals surface area (Å²) >= 11 is 0. The molecule has 15 aromatic rings. The fourth-order valence-corrected chi connectivity index (χ4v) is 11.2. The number of aryl methyl sites for hydroxylation is 20. The van der Waals surface area contributed by atoms with E-state index in [1.165, 1.54) is 99.6 Å². The summed E-state index contributed by atoms with van der Waals surface area (Å²) in [5.41, 5.74) is 38.5. The van der Waals surface area contributed by atoms with Gasteiger partial charge in [0.25, 0.3) is 0 Å². The molecule has 0 spiro atoms. The molecule has 95 heavy (non-hydrogen) atoms. The number of para-hydroxylation sites is 2. The van der Waals surface area contributed by atoms with Gasteiger partial charge in [-0.1, -0.05) is 66.7 Å². The van der Waals surface area contributed by atoms with Gasteiger partial charge in [0, 0.05) is 52.8 Å². The van der Waals surface area contributed by atoms with Crippen molar-refractivity contribution in [1.82, 2.24) is 59.8 Å². The Morgan fingerprint density at radius 3 is 1.46 bits per heavy atom. The zero-order chi connectivity index (χ0) is 68.5. The monoisotopic (exact) mass is 1250 g/mol. The third kappa shape index (κ3) is 16.1. The molecule has 8 aromatic carbocycles. The number of nitrogens with zero attached hydrogens (tertiary/aromatic N) is 12.